The van der Waals surface area contributed by atoms with Crippen molar-refractivity contribution < 1.29 is 8.78 Å². The van der Waals surface area contributed by atoms with Crippen molar-refractivity contribution in [3.8, 4) is 0 Å². The standard InChI is InChI=1S/C24H30F2N4.C7H8ClN.C2H6.C2H4/c1-16(19-6-7-19)30-14-21(15-30)29-10-8-18(9-11-29)12-17-2-4-20(5-3-17)22-13-23(24(25)26)28-27-22;1-9-7-4-2-3-6(8)5-7;2*1-2/h2-5,18-19,21,24H,1,6-15H2;2-5,9H,1H3;1-2H3;1-2H2. The van der Waals surface area contributed by atoms with E-state index in [-0.39, 0.29) is 12.1 Å². The van der Waals surface area contributed by atoms with Crippen LogP contribution in [0.5, 0.6) is 0 Å². The number of allylic oxidation sites excluding steroid dienone is 1. The number of hydrogen-bond donors (Lipinski definition) is 1. The maximum atomic E-state index is 12.7. The molecule has 2 aromatic rings. The molecule has 2 aromatic carbocycles. The van der Waals surface area contributed by atoms with Gasteiger partial charge in [-0.05, 0) is 86.4 Å². The normalized spacial score (nSPS) is 18.5. The average molecular weight is 612 g/mol. The Morgan fingerprint density at radius 1 is 1.00 bits per heavy atom. The molecule has 0 bridgehead atoms. The van der Waals surface area contributed by atoms with Crippen LogP contribution in [0.15, 0.2) is 84.2 Å². The molecule has 1 N–H and O–H groups in total. The number of benzene rings is 2. The minimum Gasteiger partial charge on any atom is -0.388 e. The second-order valence-electron chi connectivity index (χ2n) is 11.1. The summed E-state index contributed by atoms with van der Waals surface area (Å²) in [6.45, 7) is 19.0. The van der Waals surface area contributed by atoms with Crippen LogP contribution >= 0.6 is 11.6 Å². The van der Waals surface area contributed by atoms with Gasteiger partial charge in [-0.25, -0.2) is 8.78 Å². The number of anilines is 1. The fourth-order valence-corrected chi connectivity index (χ4v) is 5.77. The van der Waals surface area contributed by atoms with Gasteiger partial charge in [0.05, 0.1) is 5.71 Å². The molecule has 0 spiro atoms. The summed E-state index contributed by atoms with van der Waals surface area (Å²) in [4.78, 5) is 5.16. The van der Waals surface area contributed by atoms with Crippen molar-refractivity contribution in [1.82, 2.24) is 9.80 Å². The first-order valence-corrected chi connectivity index (χ1v) is 15.9. The molecule has 4 aliphatic rings. The Hall–Kier alpha value is -3.03. The van der Waals surface area contributed by atoms with Crippen LogP contribution in [0.1, 0.15) is 57.1 Å². The topological polar surface area (TPSA) is 43.2 Å². The molecular weight excluding hydrogens is 564 g/mol. The molecule has 8 heteroatoms. The summed E-state index contributed by atoms with van der Waals surface area (Å²) in [7, 11) is 1.87. The summed E-state index contributed by atoms with van der Waals surface area (Å²) >= 11 is 5.68. The lowest BCUT2D eigenvalue weighted by molar-refractivity contribution is 0.0310. The summed E-state index contributed by atoms with van der Waals surface area (Å²) in [5, 5.41) is 11.3. The van der Waals surface area contributed by atoms with E-state index in [1.54, 1.807) is 0 Å². The van der Waals surface area contributed by atoms with E-state index < -0.39 is 6.43 Å². The molecule has 0 radical (unpaired) electrons. The van der Waals surface area contributed by atoms with Gasteiger partial charge in [-0.15, -0.1) is 13.2 Å². The molecule has 5 nitrogen and oxygen atoms in total. The SMILES string of the molecule is C=C.C=C(C1CC1)N1CC(N2CCC(Cc3ccc(C4=NN=C(C(F)F)C4)cc3)CC2)C1.CC.CNc1cccc(Cl)c1. The van der Waals surface area contributed by atoms with Gasteiger partial charge >= 0.3 is 0 Å². The lowest BCUT2D eigenvalue weighted by Crippen LogP contribution is -2.60. The highest BCUT2D eigenvalue weighted by atomic mass is 35.5. The van der Waals surface area contributed by atoms with E-state index in [1.165, 1.54) is 63.1 Å². The van der Waals surface area contributed by atoms with Crippen molar-refractivity contribution in [2.45, 2.75) is 64.8 Å². The third kappa shape index (κ3) is 10.0. The number of hydrogen-bond acceptors (Lipinski definition) is 5. The van der Waals surface area contributed by atoms with Gasteiger partial charge in [0.15, 0.2) is 0 Å². The minimum atomic E-state index is -2.52. The van der Waals surface area contributed by atoms with Crippen LogP contribution in [0.25, 0.3) is 0 Å². The zero-order valence-electron chi connectivity index (χ0n) is 26.0. The molecule has 0 aromatic heterocycles. The average Bonchev–Trinajstić information content (AvgIpc) is 3.75. The fraction of sp³-hybridized carbons (Fsp3) is 0.486. The quantitative estimate of drug-likeness (QED) is 0.304. The maximum Gasteiger partial charge on any atom is 0.278 e. The van der Waals surface area contributed by atoms with Crippen LogP contribution in [0, 0.1) is 11.8 Å². The zero-order chi connectivity index (χ0) is 31.4. The van der Waals surface area contributed by atoms with Crippen LogP contribution in [0.2, 0.25) is 5.02 Å². The number of alkyl halides is 2. The van der Waals surface area contributed by atoms with Gasteiger partial charge < -0.3 is 10.2 Å². The Morgan fingerprint density at radius 3 is 2.16 bits per heavy atom. The van der Waals surface area contributed by atoms with Crippen molar-refractivity contribution in [1.29, 1.82) is 0 Å². The highest BCUT2D eigenvalue weighted by Gasteiger charge is 2.38. The monoisotopic (exact) mass is 611 g/mol. The van der Waals surface area contributed by atoms with Crippen LogP contribution in [-0.4, -0.2) is 66.9 Å². The van der Waals surface area contributed by atoms with Crippen molar-refractivity contribution >= 4 is 28.7 Å². The highest BCUT2D eigenvalue weighted by Crippen LogP contribution is 2.39. The maximum absolute atomic E-state index is 12.7. The first-order chi connectivity index (χ1) is 20.9. The molecule has 0 unspecified atom stereocenters. The molecule has 6 rings (SSSR count). The van der Waals surface area contributed by atoms with Crippen LogP contribution in [0.3, 0.4) is 0 Å². The summed E-state index contributed by atoms with van der Waals surface area (Å²) in [5.41, 5.74) is 5.15. The van der Waals surface area contributed by atoms with E-state index in [1.807, 2.05) is 57.3 Å². The molecular formula is C35H48ClF2N5. The number of rotatable bonds is 8. The Kier molecular flexibility index (Phi) is 13.9. The second kappa shape index (κ2) is 17.3. The third-order valence-electron chi connectivity index (χ3n) is 8.31. The molecule has 1 aliphatic carbocycles. The molecule has 3 heterocycles. The largest absolute Gasteiger partial charge is 0.388 e. The Bertz CT molecular complexity index is 1210. The predicted octanol–water partition coefficient (Wildman–Crippen LogP) is 8.57. The van der Waals surface area contributed by atoms with E-state index in [0.29, 0.717) is 11.8 Å². The Balaban J connectivity index is 0.000000329. The minimum absolute atomic E-state index is 0.132. The van der Waals surface area contributed by atoms with Gasteiger partial charge in [0.1, 0.15) is 5.71 Å². The molecule has 234 valence electrons. The molecule has 43 heavy (non-hydrogen) atoms. The van der Waals surface area contributed by atoms with Gasteiger partial charge in [0, 0.05) is 49.0 Å². The lowest BCUT2D eigenvalue weighted by Gasteiger charge is -2.49. The van der Waals surface area contributed by atoms with Gasteiger partial charge in [0.25, 0.3) is 6.43 Å². The van der Waals surface area contributed by atoms with E-state index >= 15 is 0 Å². The van der Waals surface area contributed by atoms with Gasteiger partial charge in [-0.1, -0.05) is 62.4 Å². The van der Waals surface area contributed by atoms with E-state index in [0.717, 1.165) is 34.5 Å². The smallest absolute Gasteiger partial charge is 0.278 e. The van der Waals surface area contributed by atoms with Gasteiger partial charge in [-0.2, -0.15) is 10.2 Å². The van der Waals surface area contributed by atoms with Crippen molar-refractivity contribution in [2.24, 2.45) is 22.0 Å². The summed E-state index contributed by atoms with van der Waals surface area (Å²) < 4.78 is 25.5. The highest BCUT2D eigenvalue weighted by molar-refractivity contribution is 6.30. The Morgan fingerprint density at radius 2 is 1.65 bits per heavy atom. The van der Waals surface area contributed by atoms with Crippen LogP contribution in [-0.2, 0) is 6.42 Å². The first kappa shape index (κ1) is 34.5. The van der Waals surface area contributed by atoms with Gasteiger partial charge in [-0.3, -0.25) is 4.90 Å². The Labute approximate surface area is 262 Å². The molecule has 1 saturated carbocycles. The molecule has 3 aliphatic heterocycles. The number of halogens is 3. The number of nitrogens with one attached hydrogen (secondary N) is 1. The third-order valence-corrected chi connectivity index (χ3v) is 8.54. The van der Waals surface area contributed by atoms with E-state index in [4.69, 9.17) is 11.6 Å². The van der Waals surface area contributed by atoms with Gasteiger partial charge in [0.2, 0.25) is 0 Å². The summed E-state index contributed by atoms with van der Waals surface area (Å²) in [5.74, 6) is 1.50. The molecule has 0 amide bonds. The van der Waals surface area contributed by atoms with Crippen molar-refractivity contribution in [3.63, 3.8) is 0 Å². The lowest BCUT2D eigenvalue weighted by atomic mass is 9.88. The van der Waals surface area contributed by atoms with Crippen molar-refractivity contribution in [3.05, 3.63) is 90.1 Å². The predicted molar refractivity (Wildman–Crippen MR) is 180 cm³/mol. The second-order valence-corrected chi connectivity index (χ2v) is 11.5. The number of nitrogens with zero attached hydrogens (tertiary/aromatic N) is 4. The van der Waals surface area contributed by atoms with Crippen LogP contribution in [0.4, 0.5) is 14.5 Å². The number of likely N-dealkylation sites (tertiary alicyclic amines) is 2. The van der Waals surface area contributed by atoms with Crippen molar-refractivity contribution in [2.75, 3.05) is 38.5 Å². The summed E-state index contributed by atoms with van der Waals surface area (Å²) in [6, 6.07) is 16.6. The zero-order valence-corrected chi connectivity index (χ0v) is 26.8. The first-order valence-electron chi connectivity index (χ1n) is 15.5. The summed E-state index contributed by atoms with van der Waals surface area (Å²) in [6.07, 6.45) is 3.91. The molecule has 0 atom stereocenters. The van der Waals surface area contributed by atoms with Crippen LogP contribution < -0.4 is 5.32 Å². The fourth-order valence-electron chi connectivity index (χ4n) is 5.58. The molecule has 3 fully saturated rings. The van der Waals surface area contributed by atoms with E-state index in [2.05, 4.69) is 57.2 Å². The molecule has 2 saturated heterocycles. The van der Waals surface area contributed by atoms with E-state index in [9.17, 15) is 8.78 Å². The number of piperidine rings is 1.